The molecular formula is C22H27F3N3O2+. The lowest BCUT2D eigenvalue weighted by Crippen LogP contribution is -3.14. The van der Waals surface area contributed by atoms with E-state index < -0.39 is 23.7 Å². The summed E-state index contributed by atoms with van der Waals surface area (Å²) in [6, 6.07) is 11.7. The van der Waals surface area contributed by atoms with Gasteiger partial charge < -0.3 is 15.5 Å². The maximum Gasteiger partial charge on any atom is 0.418 e. The minimum Gasteiger partial charge on any atom is -0.321 e. The van der Waals surface area contributed by atoms with Crippen molar-refractivity contribution in [1.29, 1.82) is 0 Å². The number of para-hydroxylation sites is 1. The quantitative estimate of drug-likeness (QED) is 0.641. The molecule has 1 unspecified atom stereocenters. The number of hydrogen-bond donors (Lipinski definition) is 3. The lowest BCUT2D eigenvalue weighted by atomic mass is 10.0. The molecule has 2 amide bonds. The van der Waals surface area contributed by atoms with Crippen molar-refractivity contribution < 1.29 is 27.7 Å². The molecule has 0 aliphatic heterocycles. The van der Waals surface area contributed by atoms with Gasteiger partial charge in [-0.15, -0.1) is 0 Å². The van der Waals surface area contributed by atoms with E-state index in [-0.39, 0.29) is 18.1 Å². The Morgan fingerprint density at radius 3 is 2.13 bits per heavy atom. The summed E-state index contributed by atoms with van der Waals surface area (Å²) in [5.41, 5.74) is 0.587. The van der Waals surface area contributed by atoms with Crippen molar-refractivity contribution in [3.8, 4) is 0 Å². The van der Waals surface area contributed by atoms with Gasteiger partial charge in [-0.25, -0.2) is 0 Å². The Morgan fingerprint density at radius 2 is 1.57 bits per heavy atom. The van der Waals surface area contributed by atoms with E-state index in [0.29, 0.717) is 16.5 Å². The molecule has 2 aromatic rings. The maximum atomic E-state index is 13.1. The van der Waals surface area contributed by atoms with Crippen LogP contribution in [0.3, 0.4) is 0 Å². The first-order valence-electron chi connectivity index (χ1n) is 9.68. The van der Waals surface area contributed by atoms with Crippen LogP contribution < -0.4 is 15.5 Å². The lowest BCUT2D eigenvalue weighted by molar-refractivity contribution is -0.885. The van der Waals surface area contributed by atoms with Gasteiger partial charge in [0.25, 0.3) is 11.8 Å². The Bertz CT molecular complexity index is 880. The third-order valence-electron chi connectivity index (χ3n) is 4.92. The van der Waals surface area contributed by atoms with Crippen LogP contribution in [0.15, 0.2) is 48.5 Å². The molecule has 0 aromatic heterocycles. The summed E-state index contributed by atoms with van der Waals surface area (Å²) in [4.78, 5) is 25.3. The number of carbonyl (C=O) groups is 2. The Labute approximate surface area is 174 Å². The Balaban J connectivity index is 1.95. The number of anilines is 2. The molecule has 0 saturated heterocycles. The highest BCUT2D eigenvalue weighted by molar-refractivity contribution is 5.94. The molecule has 2 atom stereocenters. The van der Waals surface area contributed by atoms with E-state index in [1.54, 1.807) is 14.0 Å². The third-order valence-corrected chi connectivity index (χ3v) is 4.92. The van der Waals surface area contributed by atoms with Crippen LogP contribution in [-0.4, -0.2) is 31.4 Å². The maximum absolute atomic E-state index is 13.1. The monoisotopic (exact) mass is 422 g/mol. The number of nitrogens with one attached hydrogen (secondary N) is 3. The van der Waals surface area contributed by atoms with Crippen LogP contribution in [-0.2, 0) is 15.8 Å². The van der Waals surface area contributed by atoms with Crippen molar-refractivity contribution in [1.82, 2.24) is 0 Å². The molecule has 2 aromatic carbocycles. The van der Waals surface area contributed by atoms with Gasteiger partial charge in [-0.3, -0.25) is 9.59 Å². The molecule has 0 bridgehead atoms. The summed E-state index contributed by atoms with van der Waals surface area (Å²) in [5, 5.41) is 5.10. The van der Waals surface area contributed by atoms with Crippen LogP contribution in [0.2, 0.25) is 0 Å². The number of likely N-dealkylation sites (N-methyl/N-ethyl adjacent to an activating group) is 1. The molecule has 8 heteroatoms. The SMILES string of the molecule is CC(C)c1ccc(NC(=O)[C@@H](C)[NH+](C)CC(=O)Nc2ccccc2C(F)(F)F)cc1. The van der Waals surface area contributed by atoms with Crippen LogP contribution in [0.5, 0.6) is 0 Å². The first-order valence-corrected chi connectivity index (χ1v) is 9.68. The van der Waals surface area contributed by atoms with Gasteiger partial charge in [-0.05, 0) is 42.7 Å². The molecule has 0 aliphatic carbocycles. The Morgan fingerprint density at radius 1 is 0.967 bits per heavy atom. The van der Waals surface area contributed by atoms with Crippen LogP contribution in [0, 0.1) is 0 Å². The highest BCUT2D eigenvalue weighted by atomic mass is 19.4. The van der Waals surface area contributed by atoms with Crippen molar-refractivity contribution in [2.24, 2.45) is 0 Å². The number of carbonyl (C=O) groups excluding carboxylic acids is 2. The topological polar surface area (TPSA) is 62.6 Å². The van der Waals surface area contributed by atoms with Gasteiger partial charge >= 0.3 is 6.18 Å². The summed E-state index contributed by atoms with van der Waals surface area (Å²) in [6.07, 6.45) is -4.57. The molecular weight excluding hydrogens is 395 g/mol. The fourth-order valence-corrected chi connectivity index (χ4v) is 2.87. The predicted octanol–water partition coefficient (Wildman–Crippen LogP) is 3.31. The minimum absolute atomic E-state index is 0.160. The normalized spacial score (nSPS) is 13.6. The molecule has 0 saturated carbocycles. The van der Waals surface area contributed by atoms with Crippen LogP contribution in [0.4, 0.5) is 24.5 Å². The Kier molecular flexibility index (Phi) is 7.61. The second-order valence-electron chi connectivity index (χ2n) is 7.60. The van der Waals surface area contributed by atoms with Gasteiger partial charge in [0.1, 0.15) is 0 Å². The van der Waals surface area contributed by atoms with Crippen LogP contribution >= 0.6 is 0 Å². The second-order valence-corrected chi connectivity index (χ2v) is 7.60. The second kappa shape index (κ2) is 9.75. The number of hydrogen-bond acceptors (Lipinski definition) is 2. The fraction of sp³-hybridized carbons (Fsp3) is 0.364. The molecule has 0 fully saturated rings. The highest BCUT2D eigenvalue weighted by Crippen LogP contribution is 2.34. The van der Waals surface area contributed by atoms with E-state index in [1.165, 1.54) is 18.2 Å². The van der Waals surface area contributed by atoms with Crippen molar-refractivity contribution in [2.45, 2.75) is 38.9 Å². The van der Waals surface area contributed by atoms with E-state index in [2.05, 4.69) is 24.5 Å². The Hall–Kier alpha value is -2.87. The van der Waals surface area contributed by atoms with E-state index in [0.717, 1.165) is 11.6 Å². The summed E-state index contributed by atoms with van der Waals surface area (Å²) in [5.74, 6) is -0.510. The van der Waals surface area contributed by atoms with E-state index in [1.807, 2.05) is 24.3 Å². The molecule has 3 N–H and O–H groups in total. The van der Waals surface area contributed by atoms with Gasteiger partial charge in [0, 0.05) is 5.69 Å². The van der Waals surface area contributed by atoms with Gasteiger partial charge in [0.15, 0.2) is 12.6 Å². The van der Waals surface area contributed by atoms with Crippen molar-refractivity contribution >= 4 is 23.2 Å². The molecule has 30 heavy (non-hydrogen) atoms. The lowest BCUT2D eigenvalue weighted by Gasteiger charge is -2.21. The standard InChI is InChI=1S/C22H26F3N3O2/c1-14(2)16-9-11-17(12-10-16)26-21(30)15(3)28(4)13-20(29)27-19-8-6-5-7-18(19)22(23,24)25/h5-12,14-15H,13H2,1-4H3,(H,26,30)(H,27,29)/p+1/t15-/m1/s1. The zero-order valence-corrected chi connectivity index (χ0v) is 17.4. The molecule has 5 nitrogen and oxygen atoms in total. The van der Waals surface area contributed by atoms with E-state index in [4.69, 9.17) is 0 Å². The molecule has 0 spiro atoms. The van der Waals surface area contributed by atoms with Crippen molar-refractivity contribution in [3.05, 3.63) is 59.7 Å². The summed E-state index contributed by atoms with van der Waals surface area (Å²) >= 11 is 0. The number of benzene rings is 2. The average molecular weight is 422 g/mol. The summed E-state index contributed by atoms with van der Waals surface area (Å²) in [7, 11) is 1.64. The van der Waals surface area contributed by atoms with Gasteiger partial charge in [0.2, 0.25) is 0 Å². The van der Waals surface area contributed by atoms with Gasteiger partial charge in [-0.1, -0.05) is 38.1 Å². The number of rotatable bonds is 7. The number of alkyl halides is 3. The fourth-order valence-electron chi connectivity index (χ4n) is 2.87. The molecule has 0 heterocycles. The molecule has 0 aliphatic rings. The van der Waals surface area contributed by atoms with Crippen molar-refractivity contribution in [2.75, 3.05) is 24.2 Å². The minimum atomic E-state index is -4.57. The van der Waals surface area contributed by atoms with Crippen LogP contribution in [0.25, 0.3) is 0 Å². The number of amides is 2. The number of quaternary nitrogens is 1. The van der Waals surface area contributed by atoms with Crippen molar-refractivity contribution in [3.63, 3.8) is 0 Å². The predicted molar refractivity (Wildman–Crippen MR) is 110 cm³/mol. The third kappa shape index (κ3) is 6.32. The molecule has 162 valence electrons. The summed E-state index contributed by atoms with van der Waals surface area (Å²) < 4.78 is 39.2. The highest BCUT2D eigenvalue weighted by Gasteiger charge is 2.34. The largest absolute Gasteiger partial charge is 0.418 e. The molecule has 2 rings (SSSR count). The van der Waals surface area contributed by atoms with E-state index >= 15 is 0 Å². The first-order chi connectivity index (χ1) is 14.0. The average Bonchev–Trinajstić information content (AvgIpc) is 2.67. The molecule has 0 radical (unpaired) electrons. The zero-order chi connectivity index (χ0) is 22.5. The smallest absolute Gasteiger partial charge is 0.321 e. The summed E-state index contributed by atoms with van der Waals surface area (Å²) in [6.45, 7) is 5.65. The van der Waals surface area contributed by atoms with Gasteiger partial charge in [-0.2, -0.15) is 13.2 Å². The first kappa shape index (κ1) is 23.4. The van der Waals surface area contributed by atoms with Crippen LogP contribution in [0.1, 0.15) is 37.8 Å². The van der Waals surface area contributed by atoms with Gasteiger partial charge in [0.05, 0.1) is 18.3 Å². The van der Waals surface area contributed by atoms with E-state index in [9.17, 15) is 22.8 Å². The number of halogens is 3. The zero-order valence-electron chi connectivity index (χ0n) is 17.4.